The molecule has 28 heavy (non-hydrogen) atoms. The first kappa shape index (κ1) is 19.8. The van der Waals surface area contributed by atoms with Gasteiger partial charge in [0.15, 0.2) is 0 Å². The highest BCUT2D eigenvalue weighted by Gasteiger charge is 2.45. The summed E-state index contributed by atoms with van der Waals surface area (Å²) in [5.41, 5.74) is 2.81. The maximum Gasteiger partial charge on any atom is 0.417 e. The SMILES string of the molecule is CCC(c1cccc(C)c1)C(C(C)=O)C(=O)N1C(=O)OCC1c1ccccc1. The Morgan fingerprint density at radius 3 is 2.46 bits per heavy atom. The van der Waals surface area contributed by atoms with Gasteiger partial charge in [-0.3, -0.25) is 9.59 Å². The van der Waals surface area contributed by atoms with Crippen LogP contribution in [0.4, 0.5) is 4.79 Å². The molecule has 0 aromatic heterocycles. The van der Waals surface area contributed by atoms with E-state index in [2.05, 4.69) is 0 Å². The predicted molar refractivity (Wildman–Crippen MR) is 106 cm³/mol. The van der Waals surface area contributed by atoms with Gasteiger partial charge in [0.25, 0.3) is 0 Å². The summed E-state index contributed by atoms with van der Waals surface area (Å²) >= 11 is 0. The summed E-state index contributed by atoms with van der Waals surface area (Å²) < 4.78 is 5.18. The number of hydrogen-bond donors (Lipinski definition) is 0. The summed E-state index contributed by atoms with van der Waals surface area (Å²) in [6.45, 7) is 5.44. The van der Waals surface area contributed by atoms with Crippen LogP contribution in [0.2, 0.25) is 0 Å². The molecule has 1 heterocycles. The molecule has 0 bridgehead atoms. The van der Waals surface area contributed by atoms with Crippen LogP contribution in [-0.2, 0) is 14.3 Å². The van der Waals surface area contributed by atoms with Crippen LogP contribution < -0.4 is 0 Å². The van der Waals surface area contributed by atoms with E-state index in [0.29, 0.717) is 6.42 Å². The van der Waals surface area contributed by atoms with Crippen molar-refractivity contribution in [1.82, 2.24) is 4.90 Å². The van der Waals surface area contributed by atoms with Gasteiger partial charge in [0.1, 0.15) is 24.3 Å². The maximum atomic E-state index is 13.4. The van der Waals surface area contributed by atoms with E-state index in [-0.39, 0.29) is 18.3 Å². The van der Waals surface area contributed by atoms with Gasteiger partial charge in [0.05, 0.1) is 0 Å². The van der Waals surface area contributed by atoms with Gasteiger partial charge < -0.3 is 4.74 Å². The number of hydrogen-bond acceptors (Lipinski definition) is 4. The number of ketones is 1. The smallest absolute Gasteiger partial charge is 0.417 e. The van der Waals surface area contributed by atoms with E-state index in [1.807, 2.05) is 68.4 Å². The van der Waals surface area contributed by atoms with Crippen molar-refractivity contribution in [1.29, 1.82) is 0 Å². The van der Waals surface area contributed by atoms with E-state index in [1.165, 1.54) is 6.92 Å². The van der Waals surface area contributed by atoms with Crippen molar-refractivity contribution in [2.24, 2.45) is 5.92 Å². The number of benzene rings is 2. The average molecular weight is 379 g/mol. The van der Waals surface area contributed by atoms with E-state index in [4.69, 9.17) is 4.74 Å². The van der Waals surface area contributed by atoms with Gasteiger partial charge >= 0.3 is 6.09 Å². The standard InChI is InChI=1S/C23H25NO4/c1-4-19(18-12-8-9-15(2)13-18)21(16(3)25)22(26)24-20(14-28-23(24)27)17-10-6-5-7-11-17/h5-13,19-21H,4,14H2,1-3H3. The third-order valence-electron chi connectivity index (χ3n) is 5.31. The van der Waals surface area contributed by atoms with Crippen molar-refractivity contribution >= 4 is 17.8 Å². The van der Waals surface area contributed by atoms with E-state index in [1.54, 1.807) is 0 Å². The first-order valence-electron chi connectivity index (χ1n) is 9.55. The number of imide groups is 1. The Labute approximate surface area is 165 Å². The zero-order valence-corrected chi connectivity index (χ0v) is 16.4. The molecule has 1 aliphatic heterocycles. The summed E-state index contributed by atoms with van der Waals surface area (Å²) in [5.74, 6) is -1.96. The lowest BCUT2D eigenvalue weighted by atomic mass is 9.80. The number of nitrogens with zero attached hydrogens (tertiary/aromatic N) is 1. The molecular weight excluding hydrogens is 354 g/mol. The van der Waals surface area contributed by atoms with Gasteiger partial charge in [-0.1, -0.05) is 67.1 Å². The van der Waals surface area contributed by atoms with Crippen LogP contribution in [0.3, 0.4) is 0 Å². The number of ether oxygens (including phenoxy) is 1. The summed E-state index contributed by atoms with van der Waals surface area (Å²) in [4.78, 5) is 39.5. The van der Waals surface area contributed by atoms with Gasteiger partial charge in [-0.25, -0.2) is 9.69 Å². The van der Waals surface area contributed by atoms with Crippen LogP contribution in [-0.4, -0.2) is 29.3 Å². The van der Waals surface area contributed by atoms with Crippen molar-refractivity contribution in [2.75, 3.05) is 6.61 Å². The monoisotopic (exact) mass is 379 g/mol. The molecule has 0 N–H and O–H groups in total. The minimum Gasteiger partial charge on any atom is -0.446 e. The molecular formula is C23H25NO4. The highest BCUT2D eigenvalue weighted by atomic mass is 16.6. The molecule has 146 valence electrons. The lowest BCUT2D eigenvalue weighted by molar-refractivity contribution is -0.140. The Morgan fingerprint density at radius 1 is 1.14 bits per heavy atom. The number of carbonyl (C=O) groups is 3. The molecule has 0 spiro atoms. The average Bonchev–Trinajstić information content (AvgIpc) is 3.07. The van der Waals surface area contributed by atoms with Gasteiger partial charge in [0.2, 0.25) is 5.91 Å². The Kier molecular flexibility index (Phi) is 5.93. The summed E-state index contributed by atoms with van der Waals surface area (Å²) in [6, 6.07) is 16.6. The Bertz CT molecular complexity index is 877. The molecule has 2 aromatic rings. The highest BCUT2D eigenvalue weighted by Crippen LogP contribution is 2.35. The maximum absolute atomic E-state index is 13.4. The predicted octanol–water partition coefficient (Wildman–Crippen LogP) is 4.41. The zero-order chi connectivity index (χ0) is 20.3. The van der Waals surface area contributed by atoms with Crippen molar-refractivity contribution in [3.8, 4) is 0 Å². The normalized spacial score (nSPS) is 18.5. The second-order valence-corrected chi connectivity index (χ2v) is 7.23. The lowest BCUT2D eigenvalue weighted by Gasteiger charge is -2.29. The molecule has 1 saturated heterocycles. The molecule has 0 saturated carbocycles. The third-order valence-corrected chi connectivity index (χ3v) is 5.31. The van der Waals surface area contributed by atoms with Crippen molar-refractivity contribution in [3.05, 3.63) is 71.3 Å². The molecule has 1 fully saturated rings. The van der Waals surface area contributed by atoms with E-state index in [9.17, 15) is 14.4 Å². The van der Waals surface area contributed by atoms with Gasteiger partial charge in [-0.05, 0) is 31.4 Å². The van der Waals surface area contributed by atoms with Crippen LogP contribution >= 0.6 is 0 Å². The summed E-state index contributed by atoms with van der Waals surface area (Å²) in [6.07, 6.45) is -0.0811. The second kappa shape index (κ2) is 8.38. The Morgan fingerprint density at radius 2 is 1.86 bits per heavy atom. The molecule has 2 amide bonds. The van der Waals surface area contributed by atoms with E-state index in [0.717, 1.165) is 21.6 Å². The molecule has 5 nitrogen and oxygen atoms in total. The molecule has 3 rings (SSSR count). The molecule has 1 aliphatic rings. The van der Waals surface area contributed by atoms with Gasteiger partial charge in [-0.2, -0.15) is 0 Å². The number of Topliss-reactive ketones (excluding diaryl/α,β-unsaturated/α-hetero) is 1. The molecule has 2 aromatic carbocycles. The van der Waals surface area contributed by atoms with Crippen LogP contribution in [0.5, 0.6) is 0 Å². The fourth-order valence-electron chi connectivity index (χ4n) is 3.93. The zero-order valence-electron chi connectivity index (χ0n) is 16.4. The van der Waals surface area contributed by atoms with Gasteiger partial charge in [-0.15, -0.1) is 0 Å². The highest BCUT2D eigenvalue weighted by molar-refractivity contribution is 6.06. The molecule has 5 heteroatoms. The summed E-state index contributed by atoms with van der Waals surface area (Å²) in [5, 5.41) is 0. The van der Waals surface area contributed by atoms with Crippen LogP contribution in [0.25, 0.3) is 0 Å². The lowest BCUT2D eigenvalue weighted by Crippen LogP contribution is -2.43. The second-order valence-electron chi connectivity index (χ2n) is 7.23. The molecule has 0 radical (unpaired) electrons. The quantitative estimate of drug-likeness (QED) is 0.697. The van der Waals surface area contributed by atoms with Crippen LogP contribution in [0.15, 0.2) is 54.6 Å². The minimum absolute atomic E-state index is 0.0977. The first-order valence-corrected chi connectivity index (χ1v) is 9.55. The number of carbonyl (C=O) groups excluding carboxylic acids is 3. The fraction of sp³-hybridized carbons (Fsp3) is 0.348. The third kappa shape index (κ3) is 3.84. The largest absolute Gasteiger partial charge is 0.446 e. The van der Waals surface area contributed by atoms with Crippen molar-refractivity contribution < 1.29 is 19.1 Å². The molecule has 3 unspecified atom stereocenters. The first-order chi connectivity index (χ1) is 13.4. The van der Waals surface area contributed by atoms with Gasteiger partial charge in [0, 0.05) is 5.92 Å². The van der Waals surface area contributed by atoms with Crippen LogP contribution in [0.1, 0.15) is 48.9 Å². The topological polar surface area (TPSA) is 63.7 Å². The van der Waals surface area contributed by atoms with Crippen LogP contribution in [0, 0.1) is 12.8 Å². The Balaban J connectivity index is 1.97. The van der Waals surface area contributed by atoms with Crippen molar-refractivity contribution in [3.63, 3.8) is 0 Å². The van der Waals surface area contributed by atoms with E-state index < -0.39 is 24.0 Å². The molecule has 0 aliphatic carbocycles. The Hall–Kier alpha value is -2.95. The minimum atomic E-state index is -0.927. The summed E-state index contributed by atoms with van der Waals surface area (Å²) in [7, 11) is 0. The van der Waals surface area contributed by atoms with E-state index >= 15 is 0 Å². The number of cyclic esters (lactones) is 1. The number of amides is 2. The van der Waals surface area contributed by atoms with Crippen molar-refractivity contribution in [2.45, 2.75) is 39.2 Å². The number of aryl methyl sites for hydroxylation is 1. The fourth-order valence-corrected chi connectivity index (χ4v) is 3.93. The molecule has 3 atom stereocenters. The number of rotatable bonds is 6.